The number of benzene rings is 3. The van der Waals surface area contributed by atoms with E-state index in [1.807, 2.05) is 48.5 Å². The zero-order valence-corrected chi connectivity index (χ0v) is 22.8. The lowest BCUT2D eigenvalue weighted by Gasteiger charge is -2.25. The Morgan fingerprint density at radius 3 is 2.46 bits per heavy atom. The third-order valence-electron chi connectivity index (χ3n) is 7.12. The SMILES string of the molecule is O=C(CCc1ccccc1)N(Cc1cccnc1)c1ccc2c(c1)C(NS(=O)(=O)c1cccc(C(F)(F)F)c1)CC2. The molecule has 1 N–H and O–H groups in total. The number of carbonyl (C=O) groups excluding carboxylic acids is 1. The molecule has 4 aromatic rings. The molecule has 212 valence electrons. The van der Waals surface area contributed by atoms with E-state index in [1.165, 1.54) is 0 Å². The van der Waals surface area contributed by atoms with Gasteiger partial charge in [0.05, 0.1) is 17.0 Å². The number of nitrogens with zero attached hydrogens (tertiary/aromatic N) is 2. The molecule has 5 rings (SSSR count). The quantitative estimate of drug-likeness (QED) is 0.255. The predicted molar refractivity (Wildman–Crippen MR) is 149 cm³/mol. The molecule has 1 aliphatic carbocycles. The van der Waals surface area contributed by atoms with E-state index in [0.29, 0.717) is 36.6 Å². The maximum atomic E-state index is 13.5. The van der Waals surface area contributed by atoms with E-state index in [0.717, 1.165) is 34.9 Å². The van der Waals surface area contributed by atoms with Crippen LogP contribution in [0.25, 0.3) is 0 Å². The highest BCUT2D eigenvalue weighted by atomic mass is 32.2. The average Bonchev–Trinajstić information content (AvgIpc) is 3.36. The number of hydrogen-bond acceptors (Lipinski definition) is 4. The lowest BCUT2D eigenvalue weighted by atomic mass is 10.1. The van der Waals surface area contributed by atoms with Crippen LogP contribution in [0.3, 0.4) is 0 Å². The summed E-state index contributed by atoms with van der Waals surface area (Å²) in [7, 11) is -4.25. The molecular weight excluding hydrogens is 551 g/mol. The summed E-state index contributed by atoms with van der Waals surface area (Å²) >= 11 is 0. The smallest absolute Gasteiger partial charge is 0.308 e. The van der Waals surface area contributed by atoms with Crippen molar-refractivity contribution in [2.45, 2.75) is 49.3 Å². The van der Waals surface area contributed by atoms with Gasteiger partial charge in [-0.25, -0.2) is 13.1 Å². The number of pyridine rings is 1. The number of halogens is 3. The third-order valence-corrected chi connectivity index (χ3v) is 8.59. The van der Waals surface area contributed by atoms with Crippen LogP contribution in [-0.4, -0.2) is 19.3 Å². The van der Waals surface area contributed by atoms with Gasteiger partial charge in [0.1, 0.15) is 0 Å². The summed E-state index contributed by atoms with van der Waals surface area (Å²) in [6.07, 6.45) is 0.557. The topological polar surface area (TPSA) is 79.4 Å². The Kier molecular flexibility index (Phi) is 8.23. The molecule has 1 amide bonds. The summed E-state index contributed by atoms with van der Waals surface area (Å²) in [5.41, 5.74) is 3.07. The average molecular weight is 580 g/mol. The summed E-state index contributed by atoms with van der Waals surface area (Å²) in [5.74, 6) is -0.100. The monoisotopic (exact) mass is 579 g/mol. The van der Waals surface area contributed by atoms with Crippen molar-refractivity contribution in [2.75, 3.05) is 4.90 Å². The summed E-state index contributed by atoms with van der Waals surface area (Å²) < 4.78 is 68.4. The van der Waals surface area contributed by atoms with Gasteiger partial charge in [-0.15, -0.1) is 0 Å². The number of anilines is 1. The lowest BCUT2D eigenvalue weighted by molar-refractivity contribution is -0.137. The van der Waals surface area contributed by atoms with Gasteiger partial charge in [0.2, 0.25) is 15.9 Å². The molecule has 0 fully saturated rings. The van der Waals surface area contributed by atoms with Crippen molar-refractivity contribution in [3.8, 4) is 0 Å². The fourth-order valence-corrected chi connectivity index (χ4v) is 6.30. The molecule has 0 bridgehead atoms. The molecule has 1 atom stereocenters. The van der Waals surface area contributed by atoms with Gasteiger partial charge in [0, 0.05) is 30.5 Å². The van der Waals surface area contributed by atoms with Crippen molar-refractivity contribution in [1.82, 2.24) is 9.71 Å². The van der Waals surface area contributed by atoms with Gasteiger partial charge < -0.3 is 4.90 Å². The molecule has 0 saturated heterocycles. The first-order valence-corrected chi connectivity index (χ1v) is 14.6. The molecule has 10 heteroatoms. The summed E-state index contributed by atoms with van der Waals surface area (Å²) in [4.78, 5) is 18.9. The number of fused-ring (bicyclic) bond motifs is 1. The highest BCUT2D eigenvalue weighted by Crippen LogP contribution is 2.36. The molecule has 0 saturated carbocycles. The Labute approximate surface area is 236 Å². The van der Waals surface area contributed by atoms with Crippen LogP contribution >= 0.6 is 0 Å². The van der Waals surface area contributed by atoms with Crippen LogP contribution in [0.1, 0.15) is 46.7 Å². The van der Waals surface area contributed by atoms with Crippen LogP contribution in [0, 0.1) is 0 Å². The van der Waals surface area contributed by atoms with E-state index in [2.05, 4.69) is 9.71 Å². The number of alkyl halides is 3. The standard InChI is InChI=1S/C31H28F3N3O3S/c32-31(33,34)25-9-4-10-27(18-25)41(39,40)36-29-15-13-24-12-14-26(19-28(24)29)37(21-23-8-5-17-35-20-23)30(38)16-11-22-6-2-1-3-7-22/h1-10,12,14,17-20,29,36H,11,13,15-16,21H2. The largest absolute Gasteiger partial charge is 0.416 e. The van der Waals surface area contributed by atoms with E-state index in [9.17, 15) is 26.4 Å². The zero-order valence-electron chi connectivity index (χ0n) is 22.0. The van der Waals surface area contributed by atoms with E-state index in [1.54, 1.807) is 29.4 Å². The highest BCUT2D eigenvalue weighted by Gasteiger charge is 2.33. The first-order valence-electron chi connectivity index (χ1n) is 13.2. The lowest BCUT2D eigenvalue weighted by Crippen LogP contribution is -2.31. The van der Waals surface area contributed by atoms with Gasteiger partial charge in [-0.05, 0) is 77.9 Å². The molecule has 41 heavy (non-hydrogen) atoms. The van der Waals surface area contributed by atoms with Gasteiger partial charge in [-0.2, -0.15) is 13.2 Å². The molecular formula is C31H28F3N3O3S. The van der Waals surface area contributed by atoms with Crippen molar-refractivity contribution in [3.63, 3.8) is 0 Å². The van der Waals surface area contributed by atoms with Crippen LogP contribution in [-0.2, 0) is 40.4 Å². The molecule has 0 radical (unpaired) electrons. The van der Waals surface area contributed by atoms with Crippen molar-refractivity contribution in [3.05, 3.63) is 125 Å². The van der Waals surface area contributed by atoms with Crippen LogP contribution in [0.4, 0.5) is 18.9 Å². The second-order valence-electron chi connectivity index (χ2n) is 9.95. The van der Waals surface area contributed by atoms with Crippen molar-refractivity contribution >= 4 is 21.6 Å². The molecule has 0 spiro atoms. The summed E-state index contributed by atoms with van der Waals surface area (Å²) in [5, 5.41) is 0. The second kappa shape index (κ2) is 11.8. The first-order chi connectivity index (χ1) is 19.6. The fraction of sp³-hybridized carbons (Fsp3) is 0.226. The van der Waals surface area contributed by atoms with E-state index >= 15 is 0 Å². The fourth-order valence-electron chi connectivity index (χ4n) is 5.00. The predicted octanol–water partition coefficient (Wildman–Crippen LogP) is 6.23. The summed E-state index contributed by atoms with van der Waals surface area (Å²) in [6, 6.07) is 22.0. The number of hydrogen-bond donors (Lipinski definition) is 1. The minimum Gasteiger partial charge on any atom is -0.308 e. The van der Waals surface area contributed by atoms with Crippen molar-refractivity contribution < 1.29 is 26.4 Å². The van der Waals surface area contributed by atoms with Crippen molar-refractivity contribution in [1.29, 1.82) is 0 Å². The Morgan fingerprint density at radius 2 is 1.73 bits per heavy atom. The number of amides is 1. The maximum absolute atomic E-state index is 13.5. The van der Waals surface area contributed by atoms with Crippen LogP contribution in [0.5, 0.6) is 0 Å². The number of aromatic nitrogens is 1. The van der Waals surface area contributed by atoms with Gasteiger partial charge in [-0.1, -0.05) is 48.5 Å². The minimum atomic E-state index is -4.66. The van der Waals surface area contributed by atoms with Crippen molar-refractivity contribution in [2.24, 2.45) is 0 Å². The normalized spacial score (nSPS) is 15.0. The number of aryl methyl sites for hydroxylation is 2. The highest BCUT2D eigenvalue weighted by molar-refractivity contribution is 7.89. The van der Waals surface area contributed by atoms with E-state index < -0.39 is 32.7 Å². The molecule has 1 unspecified atom stereocenters. The molecule has 3 aromatic carbocycles. The number of sulfonamides is 1. The number of carbonyl (C=O) groups is 1. The minimum absolute atomic E-state index is 0.100. The molecule has 6 nitrogen and oxygen atoms in total. The third kappa shape index (κ3) is 6.83. The number of nitrogens with one attached hydrogen (secondary N) is 1. The number of rotatable bonds is 9. The second-order valence-corrected chi connectivity index (χ2v) is 11.7. The Morgan fingerprint density at radius 1 is 0.951 bits per heavy atom. The van der Waals surface area contributed by atoms with Gasteiger partial charge >= 0.3 is 6.18 Å². The molecule has 1 aliphatic rings. The maximum Gasteiger partial charge on any atom is 0.416 e. The Bertz CT molecular complexity index is 1630. The van der Waals surface area contributed by atoms with Crippen LogP contribution in [0.2, 0.25) is 0 Å². The van der Waals surface area contributed by atoms with Gasteiger partial charge in [-0.3, -0.25) is 9.78 Å². The molecule has 1 aromatic heterocycles. The molecule has 1 heterocycles. The summed E-state index contributed by atoms with van der Waals surface area (Å²) in [6.45, 7) is 0.279. The van der Waals surface area contributed by atoms with Crippen LogP contribution < -0.4 is 9.62 Å². The zero-order chi connectivity index (χ0) is 29.0. The first kappa shape index (κ1) is 28.5. The van der Waals surface area contributed by atoms with Crippen LogP contribution in [0.15, 0.2) is 102 Å². The Balaban J connectivity index is 1.41. The van der Waals surface area contributed by atoms with Gasteiger partial charge in [0.15, 0.2) is 0 Å². The van der Waals surface area contributed by atoms with Gasteiger partial charge in [0.25, 0.3) is 0 Å². The van der Waals surface area contributed by atoms with E-state index in [4.69, 9.17) is 0 Å². The molecule has 0 aliphatic heterocycles. The van der Waals surface area contributed by atoms with E-state index in [-0.39, 0.29) is 18.9 Å². The Hall–Kier alpha value is -4.02.